The van der Waals surface area contributed by atoms with Gasteiger partial charge in [-0.25, -0.2) is 4.79 Å². The molecule has 1 aliphatic rings. The minimum absolute atomic E-state index is 0.00268. The van der Waals surface area contributed by atoms with Crippen LogP contribution in [0, 0.1) is 0 Å². The van der Waals surface area contributed by atoms with E-state index in [0.717, 1.165) is 4.90 Å². The van der Waals surface area contributed by atoms with E-state index in [1.165, 1.54) is 31.4 Å². The summed E-state index contributed by atoms with van der Waals surface area (Å²) in [5.74, 6) is -2.18. The van der Waals surface area contributed by atoms with Gasteiger partial charge in [-0.05, 0) is 30.7 Å². The van der Waals surface area contributed by atoms with Crippen molar-refractivity contribution in [1.82, 2.24) is 10.2 Å². The van der Waals surface area contributed by atoms with Gasteiger partial charge in [0.15, 0.2) is 0 Å². The van der Waals surface area contributed by atoms with Gasteiger partial charge < -0.3 is 19.5 Å². The second kappa shape index (κ2) is 9.24. The number of nitrogens with one attached hydrogen (secondary N) is 1. The fourth-order valence-electron chi connectivity index (χ4n) is 2.80. The van der Waals surface area contributed by atoms with Crippen LogP contribution >= 0.6 is 0 Å². The number of nitrogens with zero attached hydrogens (tertiary/aromatic N) is 1. The predicted octanol–water partition coefficient (Wildman–Crippen LogP) is 1.97. The van der Waals surface area contributed by atoms with Crippen LogP contribution in [0.4, 0.5) is 13.2 Å². The first-order valence-corrected chi connectivity index (χ1v) is 8.79. The summed E-state index contributed by atoms with van der Waals surface area (Å²) in [6.45, 7) is 1.08. The van der Waals surface area contributed by atoms with Crippen LogP contribution in [-0.4, -0.2) is 68.6 Å². The van der Waals surface area contributed by atoms with Crippen LogP contribution < -0.4 is 10.1 Å². The number of morpholine rings is 1. The molecule has 0 radical (unpaired) electrons. The number of alkyl halides is 3. The number of carbonyl (C=O) groups is 2. The first kappa shape index (κ1) is 22.0. The summed E-state index contributed by atoms with van der Waals surface area (Å²) in [5, 5.41) is 1.89. The van der Waals surface area contributed by atoms with Gasteiger partial charge in [0.05, 0.1) is 26.9 Å². The van der Waals surface area contributed by atoms with Gasteiger partial charge in [0.1, 0.15) is 5.75 Å². The zero-order valence-electron chi connectivity index (χ0n) is 15.7. The van der Waals surface area contributed by atoms with Crippen molar-refractivity contribution >= 4 is 11.9 Å². The molecule has 0 saturated carbocycles. The molecular weight excluding hydrogens is 381 g/mol. The Kier molecular flexibility index (Phi) is 7.25. The van der Waals surface area contributed by atoms with Crippen molar-refractivity contribution in [3.05, 3.63) is 29.8 Å². The van der Waals surface area contributed by atoms with Gasteiger partial charge in [0, 0.05) is 18.7 Å². The fourth-order valence-corrected chi connectivity index (χ4v) is 2.80. The highest BCUT2D eigenvalue weighted by molar-refractivity contribution is 5.98. The van der Waals surface area contributed by atoms with E-state index in [-0.39, 0.29) is 38.5 Å². The summed E-state index contributed by atoms with van der Waals surface area (Å²) in [4.78, 5) is 26.0. The molecule has 10 heteroatoms. The minimum atomic E-state index is -5.11. The highest BCUT2D eigenvalue weighted by Gasteiger charge is 2.66. The van der Waals surface area contributed by atoms with Crippen LogP contribution in [-0.2, 0) is 14.3 Å². The lowest BCUT2D eigenvalue weighted by Gasteiger charge is -2.44. The van der Waals surface area contributed by atoms with Gasteiger partial charge in [-0.2, -0.15) is 13.2 Å². The average Bonchev–Trinajstić information content (AvgIpc) is 2.69. The highest BCUT2D eigenvalue weighted by atomic mass is 19.4. The monoisotopic (exact) mass is 404 g/mol. The number of hydrogen-bond donors (Lipinski definition) is 1. The number of ether oxygens (including phenoxy) is 3. The summed E-state index contributed by atoms with van der Waals surface area (Å²) < 4.78 is 57.5. The number of esters is 1. The van der Waals surface area contributed by atoms with Crippen LogP contribution in [0.25, 0.3) is 0 Å². The smallest absolute Gasteiger partial charge is 0.436 e. The zero-order valence-corrected chi connectivity index (χ0v) is 15.7. The molecule has 1 unspecified atom stereocenters. The van der Waals surface area contributed by atoms with Gasteiger partial charge in [-0.15, -0.1) is 0 Å². The number of carbonyl (C=O) groups excluding carboxylic acids is 2. The van der Waals surface area contributed by atoms with E-state index in [2.05, 4.69) is 0 Å². The fraction of sp³-hybridized carbons (Fsp3) is 0.556. The Bertz CT molecular complexity index is 675. The van der Waals surface area contributed by atoms with E-state index in [1.807, 2.05) is 5.32 Å². The summed E-state index contributed by atoms with van der Waals surface area (Å²) >= 11 is 0. The third kappa shape index (κ3) is 4.56. The first-order chi connectivity index (χ1) is 13.3. The van der Waals surface area contributed by atoms with Crippen LogP contribution in [0.5, 0.6) is 5.75 Å². The number of rotatable bonds is 7. The lowest BCUT2D eigenvalue weighted by Crippen LogP contribution is -2.75. The largest absolute Gasteiger partial charge is 0.497 e. The maximum absolute atomic E-state index is 14.2. The average molecular weight is 404 g/mol. The van der Waals surface area contributed by atoms with Crippen molar-refractivity contribution in [2.45, 2.75) is 25.2 Å². The van der Waals surface area contributed by atoms with E-state index in [9.17, 15) is 22.8 Å². The molecule has 1 aromatic rings. The van der Waals surface area contributed by atoms with Crippen LogP contribution in [0.1, 0.15) is 23.7 Å². The molecule has 1 saturated heterocycles. The predicted molar refractivity (Wildman–Crippen MR) is 92.9 cm³/mol. The van der Waals surface area contributed by atoms with E-state index in [4.69, 9.17) is 14.2 Å². The second-order valence-corrected chi connectivity index (χ2v) is 6.13. The van der Waals surface area contributed by atoms with Crippen molar-refractivity contribution in [3.8, 4) is 5.75 Å². The zero-order chi connectivity index (χ0) is 20.8. The molecule has 0 aliphatic carbocycles. The molecule has 0 aromatic heterocycles. The topological polar surface area (TPSA) is 77.1 Å². The normalized spacial score (nSPS) is 17.5. The van der Waals surface area contributed by atoms with Crippen molar-refractivity contribution in [2.24, 2.45) is 0 Å². The van der Waals surface area contributed by atoms with E-state index in [0.29, 0.717) is 12.2 Å². The Labute approximate surface area is 160 Å². The van der Waals surface area contributed by atoms with Crippen LogP contribution in [0.15, 0.2) is 24.3 Å². The van der Waals surface area contributed by atoms with Gasteiger partial charge in [0.25, 0.3) is 11.6 Å². The van der Waals surface area contributed by atoms with Gasteiger partial charge in [0.2, 0.25) is 0 Å². The summed E-state index contributed by atoms with van der Waals surface area (Å²) in [5.41, 5.74) is -3.35. The molecule has 28 heavy (non-hydrogen) atoms. The molecule has 1 N–H and O–H groups in total. The van der Waals surface area contributed by atoms with Crippen molar-refractivity contribution in [2.75, 3.05) is 40.0 Å². The molecule has 156 valence electrons. The Morgan fingerprint density at radius 3 is 2.29 bits per heavy atom. The Morgan fingerprint density at radius 1 is 1.18 bits per heavy atom. The van der Waals surface area contributed by atoms with Crippen LogP contribution in [0.3, 0.4) is 0 Å². The SMILES string of the molecule is CCCOC(=O)C(NC(=O)c1ccc(OC)cc1)(N1CCOCC1)C(F)(F)F. The number of methoxy groups -OCH3 is 1. The molecule has 1 aromatic carbocycles. The molecular formula is C18H23F3N2O5. The number of benzene rings is 1. The summed E-state index contributed by atoms with van der Waals surface area (Å²) in [7, 11) is 1.42. The quantitative estimate of drug-likeness (QED) is 0.701. The van der Waals surface area contributed by atoms with E-state index in [1.54, 1.807) is 6.92 Å². The molecule has 2 rings (SSSR count). The van der Waals surface area contributed by atoms with Gasteiger partial charge >= 0.3 is 12.1 Å². The molecule has 1 aliphatic heterocycles. The minimum Gasteiger partial charge on any atom is -0.497 e. The second-order valence-electron chi connectivity index (χ2n) is 6.13. The third-order valence-electron chi connectivity index (χ3n) is 4.28. The number of hydrogen-bond acceptors (Lipinski definition) is 6. The van der Waals surface area contributed by atoms with Crippen LogP contribution in [0.2, 0.25) is 0 Å². The van der Waals surface area contributed by atoms with Crippen molar-refractivity contribution in [3.63, 3.8) is 0 Å². The number of amides is 1. The molecule has 0 spiro atoms. The van der Waals surface area contributed by atoms with E-state index < -0.39 is 23.7 Å². The molecule has 1 amide bonds. The lowest BCUT2D eigenvalue weighted by molar-refractivity contribution is -0.253. The molecule has 1 atom stereocenters. The molecule has 1 heterocycles. The standard InChI is InChI=1S/C18H23F3N2O5/c1-3-10-28-16(25)17(18(19,20)21,23-8-11-27-12-9-23)22-15(24)13-4-6-14(26-2)7-5-13/h4-7H,3,8-12H2,1-2H3,(H,22,24). The molecule has 7 nitrogen and oxygen atoms in total. The maximum Gasteiger partial charge on any atom is 0.436 e. The maximum atomic E-state index is 14.2. The molecule has 0 bridgehead atoms. The third-order valence-corrected chi connectivity index (χ3v) is 4.28. The first-order valence-electron chi connectivity index (χ1n) is 8.79. The summed E-state index contributed by atoms with van der Waals surface area (Å²) in [6.07, 6.45) is -4.77. The lowest BCUT2D eigenvalue weighted by atomic mass is 10.0. The Morgan fingerprint density at radius 2 is 1.79 bits per heavy atom. The highest BCUT2D eigenvalue weighted by Crippen LogP contribution is 2.36. The number of halogens is 3. The van der Waals surface area contributed by atoms with Gasteiger partial charge in [-0.3, -0.25) is 9.69 Å². The summed E-state index contributed by atoms with van der Waals surface area (Å²) in [6, 6.07) is 5.50. The Balaban J connectivity index is 2.41. The van der Waals surface area contributed by atoms with Crippen molar-refractivity contribution in [1.29, 1.82) is 0 Å². The van der Waals surface area contributed by atoms with E-state index >= 15 is 0 Å². The van der Waals surface area contributed by atoms with Crippen molar-refractivity contribution < 1.29 is 37.0 Å². The van der Waals surface area contributed by atoms with Gasteiger partial charge in [-0.1, -0.05) is 6.92 Å². The Hall–Kier alpha value is -2.33. The molecule has 1 fully saturated rings.